The van der Waals surface area contributed by atoms with Crippen molar-refractivity contribution in [2.75, 3.05) is 18.2 Å². The number of thioether (sulfide) groups is 1. The van der Waals surface area contributed by atoms with E-state index >= 15 is 0 Å². The molecule has 0 aliphatic rings. The fourth-order valence-electron chi connectivity index (χ4n) is 2.77. The summed E-state index contributed by atoms with van der Waals surface area (Å²) >= 11 is 2.67. The number of hydrogen-bond acceptors (Lipinski definition) is 9. The predicted molar refractivity (Wildman–Crippen MR) is 116 cm³/mol. The van der Waals surface area contributed by atoms with E-state index in [-0.39, 0.29) is 17.6 Å². The molecule has 4 rings (SSSR count). The Bertz CT molecular complexity index is 1200. The van der Waals surface area contributed by atoms with Crippen LogP contribution in [0.25, 0.3) is 22.6 Å². The minimum absolute atomic E-state index is 0.176. The second-order valence-electron chi connectivity index (χ2n) is 6.79. The van der Waals surface area contributed by atoms with E-state index in [4.69, 9.17) is 9.15 Å². The van der Waals surface area contributed by atoms with Crippen LogP contribution in [0.15, 0.2) is 33.8 Å². The third-order valence-electron chi connectivity index (χ3n) is 4.30. The van der Waals surface area contributed by atoms with Crippen molar-refractivity contribution in [3.05, 3.63) is 29.3 Å². The zero-order valence-electron chi connectivity index (χ0n) is 16.9. The Kier molecular flexibility index (Phi) is 5.73. The van der Waals surface area contributed by atoms with Gasteiger partial charge < -0.3 is 13.7 Å². The summed E-state index contributed by atoms with van der Waals surface area (Å²) in [7, 11) is 3.43. The SMILES string of the molecule is COc1cccc2cc(-c3nnc(SCC(=O)Nc4nnc(C(C)C)s4)n3C)oc12. The maximum absolute atomic E-state index is 12.3. The third kappa shape index (κ3) is 4.03. The maximum Gasteiger partial charge on any atom is 0.236 e. The maximum atomic E-state index is 12.3. The van der Waals surface area contributed by atoms with Gasteiger partial charge in [0.15, 0.2) is 28.1 Å². The summed E-state index contributed by atoms with van der Waals surface area (Å²) in [6.45, 7) is 4.07. The first-order chi connectivity index (χ1) is 14.5. The summed E-state index contributed by atoms with van der Waals surface area (Å²) in [5, 5.41) is 22.2. The summed E-state index contributed by atoms with van der Waals surface area (Å²) in [6.07, 6.45) is 0. The number of ether oxygens (including phenoxy) is 1. The van der Waals surface area contributed by atoms with Crippen molar-refractivity contribution < 1.29 is 13.9 Å². The summed E-state index contributed by atoms with van der Waals surface area (Å²) in [5.41, 5.74) is 0.657. The van der Waals surface area contributed by atoms with E-state index in [1.165, 1.54) is 23.1 Å². The highest BCUT2D eigenvalue weighted by molar-refractivity contribution is 7.99. The van der Waals surface area contributed by atoms with E-state index in [0.29, 0.717) is 33.2 Å². The molecule has 156 valence electrons. The molecule has 4 aromatic rings. The fourth-order valence-corrected chi connectivity index (χ4v) is 4.24. The third-order valence-corrected chi connectivity index (χ3v) is 6.46. The second kappa shape index (κ2) is 8.44. The standard InChI is InChI=1S/C19H20N6O3S2/c1-10(2)17-22-23-18(30-17)20-14(26)9-29-19-24-21-16(25(19)3)13-8-11-6-5-7-12(27-4)15(11)28-13/h5-8,10H,9H2,1-4H3,(H,20,23,26). The molecule has 0 aliphatic carbocycles. The largest absolute Gasteiger partial charge is 0.493 e. The van der Waals surface area contributed by atoms with E-state index in [1.54, 1.807) is 11.7 Å². The van der Waals surface area contributed by atoms with Crippen molar-refractivity contribution in [3.8, 4) is 17.3 Å². The number of fused-ring (bicyclic) bond motifs is 1. The first-order valence-electron chi connectivity index (χ1n) is 9.18. The zero-order chi connectivity index (χ0) is 21.3. The number of carbonyl (C=O) groups is 1. The molecule has 0 spiro atoms. The fraction of sp³-hybridized carbons (Fsp3) is 0.316. The minimum Gasteiger partial charge on any atom is -0.493 e. The molecule has 0 saturated heterocycles. The van der Waals surface area contributed by atoms with Gasteiger partial charge in [0.2, 0.25) is 11.0 Å². The highest BCUT2D eigenvalue weighted by atomic mass is 32.2. The van der Waals surface area contributed by atoms with E-state index in [2.05, 4.69) is 25.7 Å². The summed E-state index contributed by atoms with van der Waals surface area (Å²) < 4.78 is 13.1. The van der Waals surface area contributed by atoms with Gasteiger partial charge in [-0.15, -0.1) is 20.4 Å². The summed E-state index contributed by atoms with van der Waals surface area (Å²) in [6, 6.07) is 7.58. The van der Waals surface area contributed by atoms with Crippen LogP contribution in [0.4, 0.5) is 5.13 Å². The number of furan rings is 1. The Morgan fingerprint density at radius 1 is 1.30 bits per heavy atom. The van der Waals surface area contributed by atoms with Gasteiger partial charge in [0.25, 0.3) is 0 Å². The van der Waals surface area contributed by atoms with Crippen LogP contribution in [-0.2, 0) is 11.8 Å². The number of para-hydroxylation sites is 1. The Morgan fingerprint density at radius 2 is 2.13 bits per heavy atom. The molecule has 9 nitrogen and oxygen atoms in total. The van der Waals surface area contributed by atoms with Gasteiger partial charge in [-0.25, -0.2) is 0 Å². The number of rotatable bonds is 7. The molecule has 0 bridgehead atoms. The molecule has 0 saturated carbocycles. The average Bonchev–Trinajstić information content (AvgIpc) is 3.44. The topological polar surface area (TPSA) is 108 Å². The van der Waals surface area contributed by atoms with Gasteiger partial charge in [-0.05, 0) is 12.1 Å². The Labute approximate surface area is 180 Å². The van der Waals surface area contributed by atoms with Crippen molar-refractivity contribution >= 4 is 45.1 Å². The quantitative estimate of drug-likeness (QED) is 0.427. The molecule has 11 heteroatoms. The number of methoxy groups -OCH3 is 1. The van der Waals surface area contributed by atoms with E-state index in [0.717, 1.165) is 10.4 Å². The van der Waals surface area contributed by atoms with E-state index in [9.17, 15) is 4.79 Å². The van der Waals surface area contributed by atoms with Crippen LogP contribution in [0.5, 0.6) is 5.75 Å². The van der Waals surface area contributed by atoms with Crippen molar-refractivity contribution in [1.82, 2.24) is 25.0 Å². The van der Waals surface area contributed by atoms with Crippen LogP contribution in [0.2, 0.25) is 0 Å². The molecular weight excluding hydrogens is 424 g/mol. The summed E-state index contributed by atoms with van der Waals surface area (Å²) in [5.74, 6) is 2.08. The van der Waals surface area contributed by atoms with Crippen molar-refractivity contribution in [3.63, 3.8) is 0 Å². The number of anilines is 1. The lowest BCUT2D eigenvalue weighted by atomic mass is 10.2. The molecule has 0 atom stereocenters. The molecular formula is C19H20N6O3S2. The Hall–Kier alpha value is -2.92. The van der Waals surface area contributed by atoms with Crippen molar-refractivity contribution in [2.45, 2.75) is 24.9 Å². The van der Waals surface area contributed by atoms with E-state index in [1.807, 2.05) is 45.2 Å². The van der Waals surface area contributed by atoms with Crippen LogP contribution in [0, 0.1) is 0 Å². The normalized spacial score (nSPS) is 11.4. The number of nitrogens with zero attached hydrogens (tertiary/aromatic N) is 5. The first kappa shape index (κ1) is 20.4. The number of hydrogen-bond donors (Lipinski definition) is 1. The molecule has 0 aliphatic heterocycles. The number of carbonyl (C=O) groups excluding carboxylic acids is 1. The molecule has 0 unspecified atom stereocenters. The molecule has 1 N–H and O–H groups in total. The monoisotopic (exact) mass is 444 g/mol. The lowest BCUT2D eigenvalue weighted by molar-refractivity contribution is -0.113. The minimum atomic E-state index is -0.176. The molecule has 1 amide bonds. The van der Waals surface area contributed by atoms with Crippen molar-refractivity contribution in [2.24, 2.45) is 7.05 Å². The van der Waals surface area contributed by atoms with Crippen LogP contribution in [0.3, 0.4) is 0 Å². The Morgan fingerprint density at radius 3 is 2.87 bits per heavy atom. The van der Waals surface area contributed by atoms with Gasteiger partial charge in [-0.2, -0.15) is 0 Å². The first-order valence-corrected chi connectivity index (χ1v) is 11.0. The van der Waals surface area contributed by atoms with Gasteiger partial charge in [0, 0.05) is 18.4 Å². The second-order valence-corrected chi connectivity index (χ2v) is 8.74. The highest BCUT2D eigenvalue weighted by Crippen LogP contribution is 2.33. The van der Waals surface area contributed by atoms with Crippen LogP contribution >= 0.6 is 23.1 Å². The number of nitrogens with one attached hydrogen (secondary N) is 1. The van der Waals surface area contributed by atoms with Gasteiger partial charge in [0.1, 0.15) is 5.01 Å². The lowest BCUT2D eigenvalue weighted by Crippen LogP contribution is -2.14. The Balaban J connectivity index is 1.45. The predicted octanol–water partition coefficient (Wildman–Crippen LogP) is 3.94. The number of aromatic nitrogens is 5. The van der Waals surface area contributed by atoms with Crippen LogP contribution in [-0.4, -0.2) is 43.7 Å². The molecule has 1 aromatic carbocycles. The van der Waals surface area contributed by atoms with Crippen LogP contribution in [0.1, 0.15) is 24.8 Å². The highest BCUT2D eigenvalue weighted by Gasteiger charge is 2.18. The average molecular weight is 445 g/mol. The smallest absolute Gasteiger partial charge is 0.236 e. The molecule has 3 heterocycles. The zero-order valence-corrected chi connectivity index (χ0v) is 18.5. The number of amides is 1. The molecule has 3 aromatic heterocycles. The van der Waals surface area contributed by atoms with Gasteiger partial charge in [0.05, 0.1) is 12.9 Å². The van der Waals surface area contributed by atoms with Gasteiger partial charge >= 0.3 is 0 Å². The van der Waals surface area contributed by atoms with Crippen LogP contribution < -0.4 is 10.1 Å². The molecule has 0 radical (unpaired) electrons. The van der Waals surface area contributed by atoms with E-state index < -0.39 is 0 Å². The van der Waals surface area contributed by atoms with Gasteiger partial charge in [-0.3, -0.25) is 10.1 Å². The van der Waals surface area contributed by atoms with Gasteiger partial charge in [-0.1, -0.05) is 49.1 Å². The molecule has 30 heavy (non-hydrogen) atoms. The lowest BCUT2D eigenvalue weighted by Gasteiger charge is -2.02. The summed E-state index contributed by atoms with van der Waals surface area (Å²) in [4.78, 5) is 12.3. The van der Waals surface area contributed by atoms with Crippen molar-refractivity contribution in [1.29, 1.82) is 0 Å². The number of benzene rings is 1. The molecule has 0 fully saturated rings.